The van der Waals surface area contributed by atoms with Crippen molar-refractivity contribution in [2.24, 2.45) is 5.41 Å². The summed E-state index contributed by atoms with van der Waals surface area (Å²) in [6, 6.07) is 1.95. The van der Waals surface area contributed by atoms with Crippen LogP contribution in [0.4, 0.5) is 5.82 Å². The first-order valence-corrected chi connectivity index (χ1v) is 6.90. The van der Waals surface area contributed by atoms with Gasteiger partial charge in [0.15, 0.2) is 0 Å². The Kier molecular flexibility index (Phi) is 3.27. The molecule has 1 aromatic rings. The monoisotopic (exact) mass is 299 g/mol. The van der Waals surface area contributed by atoms with Crippen molar-refractivity contribution in [1.29, 1.82) is 0 Å². The van der Waals surface area contributed by atoms with Crippen LogP contribution in [0.3, 0.4) is 0 Å². The van der Waals surface area contributed by atoms with Gasteiger partial charge in [-0.3, -0.25) is 0 Å². The highest BCUT2D eigenvalue weighted by Gasteiger charge is 2.65. The summed E-state index contributed by atoms with van der Waals surface area (Å²) in [4.78, 5) is 10.4. The number of ether oxygens (including phenoxy) is 2. The van der Waals surface area contributed by atoms with Gasteiger partial charge in [-0.25, -0.2) is 0 Å². The zero-order valence-electron chi connectivity index (χ0n) is 11.6. The maximum absolute atomic E-state index is 9.78. The van der Waals surface area contributed by atoms with Crippen LogP contribution in [0, 0.1) is 5.41 Å². The summed E-state index contributed by atoms with van der Waals surface area (Å²) in [5.74, 6) is 0.700. The van der Waals surface area contributed by atoms with E-state index in [9.17, 15) is 5.11 Å². The van der Waals surface area contributed by atoms with Crippen LogP contribution in [0.1, 0.15) is 12.8 Å². The molecule has 0 unspecified atom stereocenters. The molecule has 110 valence electrons. The zero-order chi connectivity index (χ0) is 14.4. The minimum absolute atomic E-state index is 0.0996. The Hall–Kier alpha value is -1.11. The highest BCUT2D eigenvalue weighted by molar-refractivity contribution is 6.29. The molecule has 1 aromatic heterocycles. The highest BCUT2D eigenvalue weighted by atomic mass is 35.5. The number of rotatable bonds is 5. The Morgan fingerprint density at radius 1 is 1.40 bits per heavy atom. The molecule has 1 saturated carbocycles. The van der Waals surface area contributed by atoms with E-state index in [1.807, 2.05) is 0 Å². The second-order valence-corrected chi connectivity index (χ2v) is 6.18. The summed E-state index contributed by atoms with van der Waals surface area (Å²) < 4.78 is 10.4. The van der Waals surface area contributed by atoms with Crippen molar-refractivity contribution in [2.45, 2.75) is 18.4 Å². The lowest BCUT2D eigenvalue weighted by Crippen LogP contribution is -2.53. The molecule has 2 aliphatic heterocycles. The Bertz CT molecular complexity index is 520. The topological polar surface area (TPSA) is 67.7 Å². The zero-order valence-corrected chi connectivity index (χ0v) is 12.4. The number of anilines is 1. The molecule has 7 heteroatoms. The third-order valence-corrected chi connectivity index (χ3v) is 4.53. The van der Waals surface area contributed by atoms with Gasteiger partial charge in [-0.1, -0.05) is 11.6 Å². The largest absolute Gasteiger partial charge is 0.467 e. The Balaban J connectivity index is 1.92. The van der Waals surface area contributed by atoms with E-state index in [2.05, 4.69) is 14.9 Å². The number of halogens is 1. The average Bonchev–Trinajstić information content (AvgIpc) is 2.89. The summed E-state index contributed by atoms with van der Waals surface area (Å²) in [6.07, 6.45) is 1.82. The van der Waals surface area contributed by atoms with E-state index in [0.717, 1.165) is 19.4 Å². The van der Waals surface area contributed by atoms with Crippen molar-refractivity contribution in [3.63, 3.8) is 0 Å². The molecule has 2 saturated heterocycles. The minimum Gasteiger partial charge on any atom is -0.467 e. The molecule has 2 bridgehead atoms. The van der Waals surface area contributed by atoms with Crippen LogP contribution in [-0.2, 0) is 4.74 Å². The number of hydrogen-bond donors (Lipinski definition) is 1. The van der Waals surface area contributed by atoms with E-state index in [1.54, 1.807) is 13.2 Å². The van der Waals surface area contributed by atoms with Crippen LogP contribution >= 0.6 is 11.6 Å². The van der Waals surface area contributed by atoms with Crippen molar-refractivity contribution in [2.75, 3.05) is 38.9 Å². The lowest BCUT2D eigenvalue weighted by Gasteiger charge is -2.46. The molecule has 1 N–H and O–H groups in total. The smallest absolute Gasteiger partial charge is 0.319 e. The van der Waals surface area contributed by atoms with Gasteiger partial charge in [0.2, 0.25) is 0 Å². The quantitative estimate of drug-likeness (QED) is 0.822. The van der Waals surface area contributed by atoms with Gasteiger partial charge >= 0.3 is 6.01 Å². The molecule has 4 rings (SSSR count). The minimum atomic E-state index is -0.249. The second kappa shape index (κ2) is 4.72. The third kappa shape index (κ3) is 1.94. The standard InChI is InChI=1S/C13H18ClN3O3/c1-19-8-12-4-13(5-12,7-18)17(6-12)10-3-9(14)15-11(16-10)20-2/h3,18H,4-8H2,1-2H3. The highest BCUT2D eigenvalue weighted by Crippen LogP contribution is 2.60. The van der Waals surface area contributed by atoms with Gasteiger partial charge < -0.3 is 19.5 Å². The molecule has 3 aliphatic rings. The number of hydrogen-bond acceptors (Lipinski definition) is 6. The first kappa shape index (κ1) is 13.9. The van der Waals surface area contributed by atoms with Gasteiger partial charge in [-0.05, 0) is 12.8 Å². The van der Waals surface area contributed by atoms with Crippen molar-refractivity contribution in [1.82, 2.24) is 9.97 Å². The molecule has 0 radical (unpaired) electrons. The molecule has 20 heavy (non-hydrogen) atoms. The van der Waals surface area contributed by atoms with E-state index >= 15 is 0 Å². The lowest BCUT2D eigenvalue weighted by atomic mass is 9.62. The van der Waals surface area contributed by atoms with Crippen LogP contribution in [0.15, 0.2) is 6.07 Å². The van der Waals surface area contributed by atoms with Crippen molar-refractivity contribution >= 4 is 17.4 Å². The van der Waals surface area contributed by atoms with Gasteiger partial charge in [0, 0.05) is 25.1 Å². The Morgan fingerprint density at radius 3 is 2.75 bits per heavy atom. The van der Waals surface area contributed by atoms with E-state index in [0.29, 0.717) is 17.6 Å². The SMILES string of the molecule is COCC12CN(c3cc(Cl)nc(OC)n3)C(CO)(C1)C2. The van der Waals surface area contributed by atoms with Crippen molar-refractivity contribution in [3.05, 3.63) is 11.2 Å². The predicted molar refractivity (Wildman–Crippen MR) is 74.3 cm³/mol. The van der Waals surface area contributed by atoms with Crippen molar-refractivity contribution in [3.8, 4) is 6.01 Å². The Labute approximate surface area is 122 Å². The molecule has 6 nitrogen and oxygen atoms in total. The molecular formula is C13H18ClN3O3. The molecule has 3 fully saturated rings. The van der Waals surface area contributed by atoms with Crippen LogP contribution in [0.5, 0.6) is 6.01 Å². The normalized spacial score (nSPS) is 31.3. The maximum Gasteiger partial charge on any atom is 0.319 e. The summed E-state index contributed by atoms with van der Waals surface area (Å²) in [6.45, 7) is 1.60. The molecular weight excluding hydrogens is 282 g/mol. The number of fused-ring (bicyclic) bond motifs is 1. The third-order valence-electron chi connectivity index (χ3n) is 4.34. The molecule has 0 amide bonds. The Morgan fingerprint density at radius 2 is 2.15 bits per heavy atom. The van der Waals surface area contributed by atoms with E-state index in [-0.39, 0.29) is 23.6 Å². The first-order valence-electron chi connectivity index (χ1n) is 6.52. The number of aromatic nitrogens is 2. The molecule has 3 heterocycles. The van der Waals surface area contributed by atoms with Gasteiger partial charge in [0.25, 0.3) is 0 Å². The van der Waals surface area contributed by atoms with Gasteiger partial charge in [-0.2, -0.15) is 9.97 Å². The van der Waals surface area contributed by atoms with Gasteiger partial charge in [0.05, 0.1) is 25.9 Å². The predicted octanol–water partition coefficient (Wildman–Crippen LogP) is 1.12. The van der Waals surface area contributed by atoms with Crippen molar-refractivity contribution < 1.29 is 14.6 Å². The maximum atomic E-state index is 9.78. The van der Waals surface area contributed by atoms with Gasteiger partial charge in [-0.15, -0.1) is 0 Å². The molecule has 0 spiro atoms. The summed E-state index contributed by atoms with van der Waals surface area (Å²) in [5.41, 5.74) is -0.136. The number of nitrogens with zero attached hydrogens (tertiary/aromatic N) is 3. The lowest BCUT2D eigenvalue weighted by molar-refractivity contribution is -0.000251. The van der Waals surface area contributed by atoms with E-state index in [4.69, 9.17) is 21.1 Å². The summed E-state index contributed by atoms with van der Waals surface area (Å²) >= 11 is 6.01. The van der Waals surface area contributed by atoms with E-state index in [1.165, 1.54) is 7.11 Å². The fourth-order valence-corrected chi connectivity index (χ4v) is 3.91. The molecule has 0 aromatic carbocycles. The fourth-order valence-electron chi connectivity index (χ4n) is 3.74. The van der Waals surface area contributed by atoms with Crippen LogP contribution in [-0.4, -0.2) is 54.6 Å². The van der Waals surface area contributed by atoms with E-state index < -0.39 is 0 Å². The van der Waals surface area contributed by atoms with Gasteiger partial charge in [0.1, 0.15) is 11.0 Å². The van der Waals surface area contributed by atoms with Crippen LogP contribution in [0.25, 0.3) is 0 Å². The van der Waals surface area contributed by atoms with Crippen LogP contribution < -0.4 is 9.64 Å². The van der Waals surface area contributed by atoms with Crippen LogP contribution in [0.2, 0.25) is 5.15 Å². The first-order chi connectivity index (χ1) is 9.56. The molecule has 0 atom stereocenters. The summed E-state index contributed by atoms with van der Waals surface area (Å²) in [5, 5.41) is 10.1. The molecule has 1 aliphatic carbocycles. The number of methoxy groups -OCH3 is 2. The summed E-state index contributed by atoms with van der Waals surface area (Å²) in [7, 11) is 3.22. The number of aliphatic hydroxyl groups is 1. The fraction of sp³-hybridized carbons (Fsp3) is 0.692. The number of aliphatic hydroxyl groups excluding tert-OH is 1. The second-order valence-electron chi connectivity index (χ2n) is 5.79. The average molecular weight is 300 g/mol.